The van der Waals surface area contributed by atoms with Gasteiger partial charge in [0.15, 0.2) is 0 Å². The van der Waals surface area contributed by atoms with Gasteiger partial charge in [0, 0.05) is 30.1 Å². The molecule has 6 rings (SSSR count). The second-order valence-electron chi connectivity index (χ2n) is 7.44. The van der Waals surface area contributed by atoms with Gasteiger partial charge in [-0.05, 0) is 42.2 Å². The number of aromatic amines is 1. The lowest BCUT2D eigenvalue weighted by molar-refractivity contribution is -0.126. The average Bonchev–Trinajstić information content (AvgIpc) is 2.99. The van der Waals surface area contributed by atoms with Gasteiger partial charge in [-0.15, -0.1) is 0 Å². The van der Waals surface area contributed by atoms with Crippen molar-refractivity contribution >= 4 is 22.7 Å². The third-order valence-electron chi connectivity index (χ3n) is 5.66. The van der Waals surface area contributed by atoms with Gasteiger partial charge in [0.1, 0.15) is 0 Å². The summed E-state index contributed by atoms with van der Waals surface area (Å²) in [6.07, 6.45) is 3.62. The summed E-state index contributed by atoms with van der Waals surface area (Å²) in [5, 5.41) is 11.1. The molecule has 1 aromatic heterocycles. The summed E-state index contributed by atoms with van der Waals surface area (Å²) in [7, 11) is 0. The lowest BCUT2D eigenvalue weighted by atomic mass is 9.96. The summed E-state index contributed by atoms with van der Waals surface area (Å²) in [5.74, 6) is 0.0122. The number of benzene rings is 2. The van der Waals surface area contributed by atoms with Crippen molar-refractivity contribution in [1.82, 2.24) is 20.4 Å². The third-order valence-corrected chi connectivity index (χ3v) is 5.66. The Bertz CT molecular complexity index is 1020. The maximum atomic E-state index is 12.9. The van der Waals surface area contributed by atoms with Gasteiger partial charge in [-0.2, -0.15) is 5.10 Å². The van der Waals surface area contributed by atoms with E-state index in [1.54, 1.807) is 6.20 Å². The van der Waals surface area contributed by atoms with Crippen LogP contribution in [0.5, 0.6) is 0 Å². The zero-order valence-electron chi connectivity index (χ0n) is 14.8. The van der Waals surface area contributed by atoms with Crippen LogP contribution in [0.1, 0.15) is 23.2 Å². The molecule has 6 nitrogen and oxygen atoms in total. The first-order valence-electron chi connectivity index (χ1n) is 9.30. The molecule has 3 aliphatic heterocycles. The number of nitrogens with one attached hydrogen (secondary N) is 2. The summed E-state index contributed by atoms with van der Waals surface area (Å²) < 4.78 is 0. The molecule has 2 amide bonds. The minimum atomic E-state index is -0.0758. The molecule has 0 unspecified atom stereocenters. The molecule has 2 atom stereocenters. The highest BCUT2D eigenvalue weighted by atomic mass is 16.2. The zero-order chi connectivity index (χ0) is 18.4. The number of hydrogen-bond donors (Lipinski definition) is 2. The quantitative estimate of drug-likeness (QED) is 0.737. The Hall–Kier alpha value is -3.15. The largest absolute Gasteiger partial charge is 0.351 e. The molecule has 136 valence electrons. The lowest BCUT2D eigenvalue weighted by Crippen LogP contribution is -2.43. The number of H-pyrrole nitrogens is 1. The van der Waals surface area contributed by atoms with E-state index in [-0.39, 0.29) is 23.8 Å². The minimum absolute atomic E-state index is 0.000954. The molecule has 6 heteroatoms. The van der Waals surface area contributed by atoms with Gasteiger partial charge < -0.3 is 10.2 Å². The van der Waals surface area contributed by atoms with Gasteiger partial charge in [-0.25, -0.2) is 0 Å². The number of nitrogens with zero attached hydrogens (tertiary/aromatic N) is 2. The van der Waals surface area contributed by atoms with E-state index in [1.807, 2.05) is 35.2 Å². The molecule has 27 heavy (non-hydrogen) atoms. The molecule has 0 saturated carbocycles. The Kier molecular flexibility index (Phi) is 3.70. The lowest BCUT2D eigenvalue weighted by Gasteiger charge is -2.23. The normalized spacial score (nSPS) is 21.9. The predicted octanol–water partition coefficient (Wildman–Crippen LogP) is 2.58. The van der Waals surface area contributed by atoms with Gasteiger partial charge in [0.25, 0.3) is 5.91 Å². The smallest absolute Gasteiger partial charge is 0.253 e. The third kappa shape index (κ3) is 2.87. The fourth-order valence-corrected chi connectivity index (χ4v) is 4.11. The van der Waals surface area contributed by atoms with Crippen LogP contribution in [0.25, 0.3) is 22.0 Å². The predicted molar refractivity (Wildman–Crippen MR) is 102 cm³/mol. The van der Waals surface area contributed by atoms with Crippen LogP contribution in [0, 0.1) is 5.92 Å². The molecule has 2 bridgehead atoms. The molecule has 0 aliphatic carbocycles. The highest BCUT2D eigenvalue weighted by Crippen LogP contribution is 2.26. The highest BCUT2D eigenvalue weighted by molar-refractivity contribution is 5.95. The molecular formula is C21H20N4O2. The van der Waals surface area contributed by atoms with Crippen molar-refractivity contribution in [2.75, 3.05) is 13.1 Å². The van der Waals surface area contributed by atoms with Crippen LogP contribution in [-0.2, 0) is 4.79 Å². The number of fused-ring (bicyclic) bond motifs is 5. The SMILES string of the molecule is O=C1N[C@H]2CC[C@@H]1CN(C(=O)c1ccc(-c3ccc4cn[nH]c4c3)cc1)C2. The number of rotatable bonds is 2. The summed E-state index contributed by atoms with van der Waals surface area (Å²) in [6.45, 7) is 1.11. The Labute approximate surface area is 156 Å². The molecule has 2 aromatic carbocycles. The molecule has 2 N–H and O–H groups in total. The van der Waals surface area contributed by atoms with E-state index in [9.17, 15) is 9.59 Å². The minimum Gasteiger partial charge on any atom is -0.351 e. The van der Waals surface area contributed by atoms with E-state index >= 15 is 0 Å². The van der Waals surface area contributed by atoms with Crippen molar-refractivity contribution in [3.8, 4) is 11.1 Å². The number of piperidine rings is 1. The Balaban J connectivity index is 1.38. The number of hydrogen-bond acceptors (Lipinski definition) is 3. The molecule has 3 aliphatic rings. The molecular weight excluding hydrogens is 340 g/mol. The zero-order valence-corrected chi connectivity index (χ0v) is 14.8. The van der Waals surface area contributed by atoms with E-state index in [1.165, 1.54) is 0 Å². The van der Waals surface area contributed by atoms with E-state index in [0.717, 1.165) is 34.9 Å². The van der Waals surface area contributed by atoms with E-state index in [0.29, 0.717) is 18.7 Å². The number of carbonyl (C=O) groups is 2. The first-order valence-corrected chi connectivity index (χ1v) is 9.30. The molecule has 4 heterocycles. The second-order valence-corrected chi connectivity index (χ2v) is 7.44. The molecule has 3 fully saturated rings. The van der Waals surface area contributed by atoms with E-state index < -0.39 is 0 Å². The second kappa shape index (κ2) is 6.23. The number of aromatic nitrogens is 2. The highest BCUT2D eigenvalue weighted by Gasteiger charge is 2.36. The Morgan fingerprint density at radius 2 is 1.85 bits per heavy atom. The van der Waals surface area contributed by atoms with Crippen LogP contribution >= 0.6 is 0 Å². The van der Waals surface area contributed by atoms with E-state index in [4.69, 9.17) is 0 Å². The summed E-state index contributed by atoms with van der Waals surface area (Å²) in [6, 6.07) is 13.9. The molecule has 0 radical (unpaired) electrons. The maximum absolute atomic E-state index is 12.9. The first-order chi connectivity index (χ1) is 13.2. The van der Waals surface area contributed by atoms with Gasteiger partial charge in [-0.1, -0.05) is 24.3 Å². The van der Waals surface area contributed by atoms with Crippen molar-refractivity contribution in [3.63, 3.8) is 0 Å². The van der Waals surface area contributed by atoms with Crippen molar-refractivity contribution in [2.45, 2.75) is 18.9 Å². The van der Waals surface area contributed by atoms with Gasteiger partial charge >= 0.3 is 0 Å². The monoisotopic (exact) mass is 360 g/mol. The van der Waals surface area contributed by atoms with Crippen LogP contribution in [0.4, 0.5) is 0 Å². The van der Waals surface area contributed by atoms with Crippen molar-refractivity contribution < 1.29 is 9.59 Å². The van der Waals surface area contributed by atoms with Crippen LogP contribution in [0.2, 0.25) is 0 Å². The molecule has 3 saturated heterocycles. The first kappa shape index (κ1) is 16.1. The topological polar surface area (TPSA) is 78.1 Å². The van der Waals surface area contributed by atoms with Crippen molar-refractivity contribution in [2.24, 2.45) is 5.92 Å². The Morgan fingerprint density at radius 1 is 1.04 bits per heavy atom. The number of carbonyl (C=O) groups excluding carboxylic acids is 2. The Morgan fingerprint density at radius 3 is 2.67 bits per heavy atom. The van der Waals surface area contributed by atoms with Crippen LogP contribution in [-0.4, -0.2) is 46.0 Å². The van der Waals surface area contributed by atoms with Crippen LogP contribution in [0.15, 0.2) is 48.7 Å². The molecule has 0 spiro atoms. The van der Waals surface area contributed by atoms with E-state index in [2.05, 4.69) is 27.6 Å². The summed E-state index contributed by atoms with van der Waals surface area (Å²) in [5.41, 5.74) is 3.78. The van der Waals surface area contributed by atoms with Crippen molar-refractivity contribution in [1.29, 1.82) is 0 Å². The fraction of sp³-hybridized carbons (Fsp3) is 0.286. The fourth-order valence-electron chi connectivity index (χ4n) is 4.11. The van der Waals surface area contributed by atoms with Gasteiger partial charge in [0.2, 0.25) is 5.91 Å². The maximum Gasteiger partial charge on any atom is 0.253 e. The number of amides is 2. The molecule has 3 aromatic rings. The average molecular weight is 360 g/mol. The van der Waals surface area contributed by atoms with Gasteiger partial charge in [0.05, 0.1) is 17.6 Å². The van der Waals surface area contributed by atoms with Crippen molar-refractivity contribution in [3.05, 3.63) is 54.2 Å². The van der Waals surface area contributed by atoms with Gasteiger partial charge in [-0.3, -0.25) is 14.7 Å². The summed E-state index contributed by atoms with van der Waals surface area (Å²) in [4.78, 5) is 26.8. The summed E-state index contributed by atoms with van der Waals surface area (Å²) >= 11 is 0. The standard InChI is InChI=1S/C21H20N4O2/c26-20-17-7-8-18(23-20)12-25(11-17)21(27)14-3-1-13(2-4-14)15-5-6-16-10-22-24-19(16)9-15/h1-6,9-10,17-18H,7-8,11-12H2,(H,22,24)(H,23,26)/t17-,18+/m1/s1. The van der Waals surface area contributed by atoms with Crippen LogP contribution in [0.3, 0.4) is 0 Å². The van der Waals surface area contributed by atoms with Crippen LogP contribution < -0.4 is 5.32 Å².